The van der Waals surface area contributed by atoms with E-state index in [-0.39, 0.29) is 11.8 Å². The third-order valence-corrected chi connectivity index (χ3v) is 4.45. The third kappa shape index (κ3) is 3.60. The van der Waals surface area contributed by atoms with Crippen LogP contribution in [0.5, 0.6) is 0 Å². The van der Waals surface area contributed by atoms with Crippen molar-refractivity contribution in [2.24, 2.45) is 17.6 Å². The summed E-state index contributed by atoms with van der Waals surface area (Å²) in [5, 5.41) is 0. The molecule has 2 atom stereocenters. The molecule has 0 radical (unpaired) electrons. The maximum atomic E-state index is 12.6. The fourth-order valence-electron chi connectivity index (χ4n) is 3.14. The molecule has 0 aromatic heterocycles. The van der Waals surface area contributed by atoms with Gasteiger partial charge in [0.05, 0.1) is 0 Å². The molecule has 0 heterocycles. The maximum Gasteiger partial charge on any atom is 0.226 e. The zero-order chi connectivity index (χ0) is 14.5. The number of nitrogens with zero attached hydrogens (tertiary/aromatic N) is 1. The van der Waals surface area contributed by atoms with Crippen LogP contribution < -0.4 is 5.73 Å². The van der Waals surface area contributed by atoms with Crippen molar-refractivity contribution in [3.8, 4) is 0 Å². The maximum absolute atomic E-state index is 12.6. The zero-order valence-corrected chi connectivity index (χ0v) is 12.6. The molecule has 1 aromatic rings. The van der Waals surface area contributed by atoms with Crippen LogP contribution in [0.15, 0.2) is 24.3 Å². The average molecular weight is 274 g/mol. The van der Waals surface area contributed by atoms with Gasteiger partial charge in [-0.1, -0.05) is 42.7 Å². The van der Waals surface area contributed by atoms with Gasteiger partial charge in [-0.05, 0) is 37.8 Å². The van der Waals surface area contributed by atoms with Crippen molar-refractivity contribution in [2.75, 3.05) is 13.6 Å². The normalized spacial score (nSPS) is 22.6. The van der Waals surface area contributed by atoms with Crippen LogP contribution in [0.3, 0.4) is 0 Å². The second-order valence-electron chi connectivity index (χ2n) is 6.07. The Labute approximate surface area is 122 Å². The monoisotopic (exact) mass is 274 g/mol. The largest absolute Gasteiger partial charge is 0.341 e. The van der Waals surface area contributed by atoms with Crippen LogP contribution in [0.25, 0.3) is 0 Å². The topological polar surface area (TPSA) is 46.3 Å². The van der Waals surface area contributed by atoms with Gasteiger partial charge in [-0.2, -0.15) is 0 Å². The molecule has 110 valence electrons. The molecule has 20 heavy (non-hydrogen) atoms. The van der Waals surface area contributed by atoms with Gasteiger partial charge in [0, 0.05) is 19.5 Å². The van der Waals surface area contributed by atoms with Crippen molar-refractivity contribution < 1.29 is 4.79 Å². The molecule has 0 bridgehead atoms. The fraction of sp³-hybridized carbons (Fsp3) is 0.588. The zero-order valence-electron chi connectivity index (χ0n) is 12.6. The van der Waals surface area contributed by atoms with Crippen LogP contribution in [0.4, 0.5) is 0 Å². The summed E-state index contributed by atoms with van der Waals surface area (Å²) in [6.45, 7) is 3.40. The highest BCUT2D eigenvalue weighted by atomic mass is 16.2. The van der Waals surface area contributed by atoms with Gasteiger partial charge in [0.1, 0.15) is 0 Å². The molecule has 1 fully saturated rings. The minimum Gasteiger partial charge on any atom is -0.341 e. The van der Waals surface area contributed by atoms with E-state index in [1.54, 1.807) is 0 Å². The first-order valence-corrected chi connectivity index (χ1v) is 7.62. The molecule has 2 N–H and O–H groups in total. The smallest absolute Gasteiger partial charge is 0.226 e. The summed E-state index contributed by atoms with van der Waals surface area (Å²) < 4.78 is 0. The Hall–Kier alpha value is -1.35. The molecule has 1 aliphatic carbocycles. The third-order valence-electron chi connectivity index (χ3n) is 4.45. The Bertz CT molecular complexity index is 441. The molecule has 3 heteroatoms. The van der Waals surface area contributed by atoms with Gasteiger partial charge in [-0.25, -0.2) is 0 Å². The van der Waals surface area contributed by atoms with E-state index in [0.717, 1.165) is 19.3 Å². The summed E-state index contributed by atoms with van der Waals surface area (Å²) in [6.07, 6.45) is 4.48. The summed E-state index contributed by atoms with van der Waals surface area (Å²) in [5.41, 5.74) is 8.27. The first kappa shape index (κ1) is 15.0. The lowest BCUT2D eigenvalue weighted by molar-refractivity contribution is -0.137. The number of rotatable bonds is 4. The van der Waals surface area contributed by atoms with E-state index < -0.39 is 0 Å². The summed E-state index contributed by atoms with van der Waals surface area (Å²) in [4.78, 5) is 14.5. The number of carbonyl (C=O) groups is 1. The second kappa shape index (κ2) is 6.89. The lowest BCUT2D eigenvalue weighted by atomic mass is 9.78. The van der Waals surface area contributed by atoms with Gasteiger partial charge >= 0.3 is 0 Å². The Kier molecular flexibility index (Phi) is 5.18. The summed E-state index contributed by atoms with van der Waals surface area (Å²) >= 11 is 0. The van der Waals surface area contributed by atoms with Crippen molar-refractivity contribution in [3.05, 3.63) is 35.4 Å². The van der Waals surface area contributed by atoms with Gasteiger partial charge in [0.15, 0.2) is 0 Å². The molecule has 0 saturated heterocycles. The van der Waals surface area contributed by atoms with E-state index in [2.05, 4.69) is 31.2 Å². The minimum absolute atomic E-state index is 0.129. The lowest BCUT2D eigenvalue weighted by Gasteiger charge is -2.32. The molecule has 1 aliphatic rings. The fourth-order valence-corrected chi connectivity index (χ4v) is 3.14. The molecule has 1 amide bonds. The van der Waals surface area contributed by atoms with E-state index in [0.29, 0.717) is 19.0 Å². The highest BCUT2D eigenvalue weighted by molar-refractivity contribution is 5.79. The molecular formula is C17H26N2O. The number of nitrogens with two attached hydrogens (primary N) is 1. The van der Waals surface area contributed by atoms with Crippen LogP contribution in [0.2, 0.25) is 0 Å². The second-order valence-corrected chi connectivity index (χ2v) is 6.07. The molecule has 2 rings (SSSR count). The van der Waals surface area contributed by atoms with Crippen molar-refractivity contribution in [1.29, 1.82) is 0 Å². The standard InChI is InChI=1S/C17H26N2O/c1-13-7-9-14(10-8-13)12-19(2)17(20)16-6-4-3-5-15(16)11-18/h7-10,15-16H,3-6,11-12,18H2,1-2H3. The van der Waals surface area contributed by atoms with Crippen LogP contribution >= 0.6 is 0 Å². The van der Waals surface area contributed by atoms with E-state index in [1.807, 2.05) is 11.9 Å². The number of hydrogen-bond acceptors (Lipinski definition) is 2. The van der Waals surface area contributed by atoms with Gasteiger partial charge < -0.3 is 10.6 Å². The molecule has 1 aromatic carbocycles. The van der Waals surface area contributed by atoms with E-state index in [1.165, 1.54) is 17.5 Å². The van der Waals surface area contributed by atoms with Gasteiger partial charge in [0.25, 0.3) is 0 Å². The lowest BCUT2D eigenvalue weighted by Crippen LogP contribution is -2.40. The van der Waals surface area contributed by atoms with Crippen molar-refractivity contribution in [1.82, 2.24) is 4.90 Å². The number of carbonyl (C=O) groups excluding carboxylic acids is 1. The highest BCUT2D eigenvalue weighted by Crippen LogP contribution is 2.30. The van der Waals surface area contributed by atoms with Crippen LogP contribution in [-0.2, 0) is 11.3 Å². The number of aryl methyl sites for hydroxylation is 1. The highest BCUT2D eigenvalue weighted by Gasteiger charge is 2.31. The predicted octanol–water partition coefficient (Wildman–Crippen LogP) is 2.72. The van der Waals surface area contributed by atoms with Crippen molar-refractivity contribution in [2.45, 2.75) is 39.2 Å². The minimum atomic E-state index is 0.129. The van der Waals surface area contributed by atoms with Crippen LogP contribution in [0, 0.1) is 18.8 Å². The summed E-state index contributed by atoms with van der Waals surface area (Å²) in [5.74, 6) is 0.765. The average Bonchev–Trinajstić information content (AvgIpc) is 2.48. The quantitative estimate of drug-likeness (QED) is 0.917. The predicted molar refractivity (Wildman–Crippen MR) is 82.2 cm³/mol. The number of hydrogen-bond donors (Lipinski definition) is 1. The SMILES string of the molecule is Cc1ccc(CN(C)C(=O)C2CCCCC2CN)cc1. The van der Waals surface area contributed by atoms with E-state index >= 15 is 0 Å². The summed E-state index contributed by atoms with van der Waals surface area (Å²) in [6, 6.07) is 8.38. The number of benzene rings is 1. The molecular weight excluding hydrogens is 248 g/mol. The van der Waals surface area contributed by atoms with Gasteiger partial charge in [0.2, 0.25) is 5.91 Å². The Morgan fingerprint density at radius 1 is 1.25 bits per heavy atom. The van der Waals surface area contributed by atoms with Gasteiger partial charge in [-0.3, -0.25) is 4.79 Å². The molecule has 1 saturated carbocycles. The Morgan fingerprint density at radius 2 is 1.90 bits per heavy atom. The molecule has 3 nitrogen and oxygen atoms in total. The van der Waals surface area contributed by atoms with E-state index in [4.69, 9.17) is 5.73 Å². The van der Waals surface area contributed by atoms with Crippen molar-refractivity contribution in [3.63, 3.8) is 0 Å². The molecule has 0 spiro atoms. The first-order valence-electron chi connectivity index (χ1n) is 7.62. The molecule has 2 unspecified atom stereocenters. The van der Waals surface area contributed by atoms with Crippen LogP contribution in [-0.4, -0.2) is 24.4 Å². The van der Waals surface area contributed by atoms with Gasteiger partial charge in [-0.15, -0.1) is 0 Å². The Balaban J connectivity index is 1.98. The Morgan fingerprint density at radius 3 is 2.55 bits per heavy atom. The number of amides is 1. The first-order chi connectivity index (χ1) is 9.61. The van der Waals surface area contributed by atoms with Crippen LogP contribution in [0.1, 0.15) is 36.8 Å². The van der Waals surface area contributed by atoms with Crippen molar-refractivity contribution >= 4 is 5.91 Å². The molecule has 0 aliphatic heterocycles. The summed E-state index contributed by atoms with van der Waals surface area (Å²) in [7, 11) is 1.91. The van der Waals surface area contributed by atoms with E-state index in [9.17, 15) is 4.79 Å².